The average Bonchev–Trinajstić information content (AvgIpc) is 3.34. The molecule has 0 spiro atoms. The van der Waals surface area contributed by atoms with Crippen LogP contribution < -0.4 is 5.32 Å². The highest BCUT2D eigenvalue weighted by Gasteiger charge is 2.22. The molecule has 0 aliphatic heterocycles. The highest BCUT2D eigenvalue weighted by molar-refractivity contribution is 7.13. The molecule has 1 N–H and O–H groups in total. The van der Waals surface area contributed by atoms with Crippen molar-refractivity contribution >= 4 is 44.9 Å². The summed E-state index contributed by atoms with van der Waals surface area (Å²) in [6.45, 7) is 7.22. The summed E-state index contributed by atoms with van der Waals surface area (Å²) in [5, 5.41) is 7.32. The third kappa shape index (κ3) is 4.83. The van der Waals surface area contributed by atoms with E-state index in [0.29, 0.717) is 10.2 Å². The van der Waals surface area contributed by atoms with Gasteiger partial charge in [0, 0.05) is 39.5 Å². The number of benzene rings is 2. The summed E-state index contributed by atoms with van der Waals surface area (Å²) in [5.41, 5.74) is 4.25. The van der Waals surface area contributed by atoms with Gasteiger partial charge in [0.05, 0.1) is 12.1 Å². The summed E-state index contributed by atoms with van der Waals surface area (Å²) in [5.74, 6) is -0.0751. The van der Waals surface area contributed by atoms with Gasteiger partial charge in [-0.1, -0.05) is 62.7 Å². The topological polar surface area (TPSA) is 46.9 Å². The molecule has 0 saturated heterocycles. The van der Waals surface area contributed by atoms with E-state index < -0.39 is 0 Å². The average molecular weight is 452 g/mol. The maximum atomic E-state index is 12.8. The molecule has 0 radical (unpaired) electrons. The van der Waals surface area contributed by atoms with Crippen LogP contribution >= 0.6 is 22.9 Å². The number of amides is 1. The number of fused-ring (bicyclic) bond motifs is 1. The monoisotopic (exact) mass is 451 g/mol. The first-order chi connectivity index (χ1) is 14.9. The normalized spacial score (nSPS) is 11.7. The van der Waals surface area contributed by atoms with E-state index in [1.807, 2.05) is 41.8 Å². The first-order valence-electron chi connectivity index (χ1n) is 10.4. The molecule has 0 bridgehead atoms. The molecular weight excluding hydrogens is 426 g/mol. The number of halogens is 1. The van der Waals surface area contributed by atoms with Crippen molar-refractivity contribution < 1.29 is 4.79 Å². The molecule has 0 atom stereocenters. The fourth-order valence-corrected chi connectivity index (χ4v) is 4.65. The van der Waals surface area contributed by atoms with Crippen molar-refractivity contribution in [3.05, 3.63) is 82.0 Å². The van der Waals surface area contributed by atoms with E-state index in [4.69, 9.17) is 11.6 Å². The van der Waals surface area contributed by atoms with Gasteiger partial charge in [0.25, 0.3) is 0 Å². The minimum absolute atomic E-state index is 0.00108. The van der Waals surface area contributed by atoms with Crippen LogP contribution in [-0.2, 0) is 23.2 Å². The van der Waals surface area contributed by atoms with Crippen molar-refractivity contribution in [1.29, 1.82) is 0 Å². The third-order valence-electron chi connectivity index (χ3n) is 5.80. The lowest BCUT2D eigenvalue weighted by Gasteiger charge is -2.19. The maximum absolute atomic E-state index is 12.8. The fourth-order valence-electron chi connectivity index (χ4n) is 3.55. The molecule has 1 amide bonds. The summed E-state index contributed by atoms with van der Waals surface area (Å²) in [6.07, 6.45) is 3.32. The lowest BCUT2D eigenvalue weighted by atomic mass is 9.87. The van der Waals surface area contributed by atoms with E-state index in [9.17, 15) is 4.79 Å². The third-order valence-corrected chi connectivity index (χ3v) is 6.79. The standard InChI is InChI=1S/C25H26ClN3OS/c1-4-25(2,3)22-16-31-24(27-22)28-23(30)12-18-15-29(14-17-8-6-5-7-9-17)21-11-10-19(26)13-20(18)21/h5-11,13,15-16H,4,12,14H2,1-3H3,(H,27,28,30). The predicted octanol–water partition coefficient (Wildman–Crippen LogP) is 6.67. The van der Waals surface area contributed by atoms with Gasteiger partial charge in [0.15, 0.2) is 5.13 Å². The number of hydrogen-bond acceptors (Lipinski definition) is 3. The number of nitrogens with one attached hydrogen (secondary N) is 1. The number of carbonyl (C=O) groups is 1. The lowest BCUT2D eigenvalue weighted by Crippen LogP contribution is -2.17. The molecule has 4 aromatic rings. The Morgan fingerprint density at radius 3 is 2.71 bits per heavy atom. The molecule has 2 aromatic carbocycles. The van der Waals surface area contributed by atoms with Crippen LogP contribution in [0.15, 0.2) is 60.1 Å². The Bertz CT molecular complexity index is 1210. The van der Waals surface area contributed by atoms with Crippen molar-refractivity contribution in [2.24, 2.45) is 0 Å². The number of rotatable bonds is 7. The number of hydrogen-bond donors (Lipinski definition) is 1. The molecule has 0 aliphatic carbocycles. The molecule has 0 aliphatic rings. The molecule has 4 nitrogen and oxygen atoms in total. The minimum atomic E-state index is -0.0751. The number of thiazole rings is 1. The van der Waals surface area contributed by atoms with Gasteiger partial charge in [-0.2, -0.15) is 0 Å². The van der Waals surface area contributed by atoms with Crippen molar-refractivity contribution in [3.63, 3.8) is 0 Å². The number of aromatic nitrogens is 2. The van der Waals surface area contributed by atoms with Gasteiger partial charge >= 0.3 is 0 Å². The Kier molecular flexibility index (Phi) is 6.17. The van der Waals surface area contributed by atoms with Crippen molar-refractivity contribution in [3.8, 4) is 0 Å². The van der Waals surface area contributed by atoms with Gasteiger partial charge in [0.1, 0.15) is 0 Å². The number of anilines is 1. The Morgan fingerprint density at radius 2 is 1.97 bits per heavy atom. The Balaban J connectivity index is 1.56. The van der Waals surface area contributed by atoms with Crippen LogP contribution in [0, 0.1) is 0 Å². The molecule has 2 heterocycles. The van der Waals surface area contributed by atoms with Crippen molar-refractivity contribution in [1.82, 2.24) is 9.55 Å². The van der Waals surface area contributed by atoms with Crippen LogP contribution in [0.3, 0.4) is 0 Å². The van der Waals surface area contributed by atoms with Crippen LogP contribution in [0.2, 0.25) is 5.02 Å². The van der Waals surface area contributed by atoms with Gasteiger partial charge < -0.3 is 9.88 Å². The summed E-state index contributed by atoms with van der Waals surface area (Å²) >= 11 is 7.74. The maximum Gasteiger partial charge on any atom is 0.230 e. The van der Waals surface area contributed by atoms with E-state index >= 15 is 0 Å². The molecule has 31 heavy (non-hydrogen) atoms. The largest absolute Gasteiger partial charge is 0.343 e. The second-order valence-electron chi connectivity index (χ2n) is 8.43. The minimum Gasteiger partial charge on any atom is -0.343 e. The molecular formula is C25H26ClN3OS. The summed E-state index contributed by atoms with van der Waals surface area (Å²) in [6, 6.07) is 16.1. The summed E-state index contributed by atoms with van der Waals surface area (Å²) in [7, 11) is 0. The zero-order chi connectivity index (χ0) is 22.0. The number of nitrogens with zero attached hydrogens (tertiary/aromatic N) is 2. The van der Waals surface area contributed by atoms with Crippen LogP contribution in [0.25, 0.3) is 10.9 Å². The summed E-state index contributed by atoms with van der Waals surface area (Å²) in [4.78, 5) is 17.5. The second-order valence-corrected chi connectivity index (χ2v) is 9.72. The predicted molar refractivity (Wildman–Crippen MR) is 130 cm³/mol. The quantitative estimate of drug-likeness (QED) is 0.341. The highest BCUT2D eigenvalue weighted by atomic mass is 35.5. The van der Waals surface area contributed by atoms with E-state index in [1.165, 1.54) is 16.9 Å². The molecule has 0 unspecified atom stereocenters. The van der Waals surface area contributed by atoms with E-state index in [0.717, 1.165) is 35.1 Å². The zero-order valence-electron chi connectivity index (χ0n) is 18.0. The lowest BCUT2D eigenvalue weighted by molar-refractivity contribution is -0.115. The van der Waals surface area contributed by atoms with Gasteiger partial charge in [-0.15, -0.1) is 11.3 Å². The fraction of sp³-hybridized carbons (Fsp3) is 0.280. The van der Waals surface area contributed by atoms with E-state index in [-0.39, 0.29) is 17.7 Å². The van der Waals surface area contributed by atoms with Gasteiger partial charge in [0.2, 0.25) is 5.91 Å². The SMILES string of the molecule is CCC(C)(C)c1csc(NC(=O)Cc2cn(Cc3ccccc3)c3ccc(Cl)cc23)n1. The molecule has 160 valence electrons. The van der Waals surface area contributed by atoms with Crippen molar-refractivity contribution in [2.75, 3.05) is 5.32 Å². The van der Waals surface area contributed by atoms with Crippen LogP contribution in [-0.4, -0.2) is 15.5 Å². The smallest absolute Gasteiger partial charge is 0.230 e. The van der Waals surface area contributed by atoms with E-state index in [2.05, 4.69) is 54.0 Å². The molecule has 2 aromatic heterocycles. The highest BCUT2D eigenvalue weighted by Crippen LogP contribution is 2.30. The second kappa shape index (κ2) is 8.85. The van der Waals surface area contributed by atoms with Gasteiger partial charge in [-0.25, -0.2) is 4.98 Å². The Labute approximate surface area is 191 Å². The Morgan fingerprint density at radius 1 is 1.19 bits per heavy atom. The van der Waals surface area contributed by atoms with Crippen LogP contribution in [0.5, 0.6) is 0 Å². The molecule has 6 heteroatoms. The van der Waals surface area contributed by atoms with Gasteiger partial charge in [-0.05, 0) is 35.7 Å². The first kappa shape index (κ1) is 21.6. The first-order valence-corrected chi connectivity index (χ1v) is 11.7. The Hall–Kier alpha value is -2.63. The molecule has 0 saturated carbocycles. The summed E-state index contributed by atoms with van der Waals surface area (Å²) < 4.78 is 2.18. The van der Waals surface area contributed by atoms with Gasteiger partial charge in [-0.3, -0.25) is 4.79 Å². The van der Waals surface area contributed by atoms with E-state index in [1.54, 1.807) is 0 Å². The molecule has 4 rings (SSSR count). The van der Waals surface area contributed by atoms with Crippen LogP contribution in [0.4, 0.5) is 5.13 Å². The molecule has 0 fully saturated rings. The van der Waals surface area contributed by atoms with Crippen LogP contribution in [0.1, 0.15) is 44.0 Å². The zero-order valence-corrected chi connectivity index (χ0v) is 19.6. The van der Waals surface area contributed by atoms with Crippen molar-refractivity contribution in [2.45, 2.75) is 45.6 Å². The number of carbonyl (C=O) groups excluding carboxylic acids is 1.